The quantitative estimate of drug-likeness (QED) is 0.206. The average Bonchev–Trinajstić information content (AvgIpc) is 3.43. The number of hydrogen-bond acceptors (Lipinski definition) is 15. The molecule has 4 aliphatic rings. The van der Waals surface area contributed by atoms with Crippen molar-refractivity contribution in [2.45, 2.75) is 131 Å². The average molecular weight is 737 g/mol. The van der Waals surface area contributed by atoms with Crippen LogP contribution in [0.25, 0.3) is 0 Å². The Morgan fingerprint density at radius 1 is 0.723 bits per heavy atom. The van der Waals surface area contributed by atoms with Gasteiger partial charge in [-0.25, -0.2) is 4.79 Å². The van der Waals surface area contributed by atoms with Gasteiger partial charge in [0.25, 0.3) is 0 Å². The minimum Gasteiger partial charge on any atom is -0.463 e. The molecule has 16 nitrogen and oxygen atoms in total. The number of ether oxygens (including phenoxy) is 11. The Kier molecular flexibility index (Phi) is 11.9. The minimum absolute atomic E-state index is 0.456. The first kappa shape index (κ1) is 38.1. The third kappa shape index (κ3) is 9.50. The van der Waals surface area contributed by atoms with Gasteiger partial charge in [0.05, 0.1) is 0 Å². The van der Waals surface area contributed by atoms with Crippen LogP contribution in [0.4, 0.5) is 4.79 Å². The van der Waals surface area contributed by atoms with Crippen LogP contribution in [0.2, 0.25) is 0 Å². The second-order valence-corrected chi connectivity index (χ2v) is 14.8. The van der Waals surface area contributed by atoms with E-state index in [2.05, 4.69) is 5.32 Å². The van der Waals surface area contributed by atoms with Crippen LogP contribution in [0.3, 0.4) is 0 Å². The molecule has 11 atom stereocenters. The standard InChI is InChI=1S/C28H40Cl3NO15/c1-11(33)38-9-14-16(40-12(2)34)17(41-13(3)35)15(32-25(36)39-10-28(29,30)31)24(42-14)43-19-18(37-8)20-22(46-26(4,5)44-20)23-21(19)45-27(6,7)47-23/h14-24H,9-10H2,1-8H3,(H,32,36)/t14-,15-,16+,17-,18+,19+,20-,21-,22-,23-,24+/m1/s1. The van der Waals surface area contributed by atoms with Crippen molar-refractivity contribution in [2.24, 2.45) is 0 Å². The summed E-state index contributed by atoms with van der Waals surface area (Å²) in [6.07, 6.45) is -11.6. The van der Waals surface area contributed by atoms with Crippen molar-refractivity contribution in [3.8, 4) is 0 Å². The highest BCUT2D eigenvalue weighted by molar-refractivity contribution is 6.67. The van der Waals surface area contributed by atoms with E-state index in [-0.39, 0.29) is 0 Å². The normalized spacial score (nSPS) is 37.2. The molecular formula is C28H40Cl3NO15. The van der Waals surface area contributed by atoms with Crippen LogP contribution < -0.4 is 5.32 Å². The smallest absolute Gasteiger partial charge is 0.407 e. The number of fused-ring (bicyclic) bond motifs is 3. The fourth-order valence-electron chi connectivity index (χ4n) is 6.10. The van der Waals surface area contributed by atoms with E-state index >= 15 is 0 Å². The van der Waals surface area contributed by atoms with Gasteiger partial charge < -0.3 is 57.4 Å². The Balaban J connectivity index is 1.75. The van der Waals surface area contributed by atoms with Crippen molar-refractivity contribution in [1.82, 2.24) is 5.32 Å². The number of rotatable bonds is 9. The fourth-order valence-corrected chi connectivity index (χ4v) is 6.26. The van der Waals surface area contributed by atoms with E-state index in [1.807, 2.05) is 0 Å². The molecule has 268 valence electrons. The predicted octanol–water partition coefficient (Wildman–Crippen LogP) is 2.06. The molecule has 0 radical (unpaired) electrons. The van der Waals surface area contributed by atoms with Crippen molar-refractivity contribution in [3.63, 3.8) is 0 Å². The van der Waals surface area contributed by atoms with Gasteiger partial charge >= 0.3 is 24.0 Å². The summed E-state index contributed by atoms with van der Waals surface area (Å²) in [4.78, 5) is 49.4. The molecule has 0 aromatic rings. The first-order chi connectivity index (χ1) is 21.7. The number of nitrogens with one attached hydrogen (secondary N) is 1. The molecule has 19 heteroatoms. The van der Waals surface area contributed by atoms with Crippen molar-refractivity contribution < 1.29 is 71.3 Å². The topological polar surface area (TPSA) is 182 Å². The number of carbonyl (C=O) groups is 4. The van der Waals surface area contributed by atoms with Crippen molar-refractivity contribution >= 4 is 58.8 Å². The minimum atomic E-state index is -1.95. The molecule has 0 aromatic carbocycles. The molecule has 4 fully saturated rings. The molecule has 0 bridgehead atoms. The van der Waals surface area contributed by atoms with E-state index in [4.69, 9.17) is 86.9 Å². The SMILES string of the molecule is CO[C@H]1[C@H](O[C@@H]2O[C@H](COC(C)=O)[C@H](OC(C)=O)[C@H](OC(C)=O)[C@H]2NC(=O)OCC(Cl)(Cl)Cl)[C@H]2OC(C)(C)O[C@H]2[C@@H]2OC(C)(C)O[C@H]12. The molecule has 1 saturated carbocycles. The number of amides is 1. The molecule has 3 aliphatic heterocycles. The summed E-state index contributed by atoms with van der Waals surface area (Å²) >= 11 is 17.3. The van der Waals surface area contributed by atoms with Gasteiger partial charge in [0.2, 0.25) is 3.79 Å². The molecule has 0 unspecified atom stereocenters. The second kappa shape index (κ2) is 14.6. The molecular weight excluding hydrogens is 697 g/mol. The predicted molar refractivity (Wildman–Crippen MR) is 158 cm³/mol. The molecule has 0 aromatic heterocycles. The summed E-state index contributed by atoms with van der Waals surface area (Å²) in [7, 11) is 1.45. The first-order valence-corrected chi connectivity index (χ1v) is 15.9. The Morgan fingerprint density at radius 3 is 1.72 bits per heavy atom. The summed E-state index contributed by atoms with van der Waals surface area (Å²) in [6, 6.07) is -1.44. The van der Waals surface area contributed by atoms with E-state index in [9.17, 15) is 19.2 Å². The zero-order valence-corrected chi connectivity index (χ0v) is 29.3. The highest BCUT2D eigenvalue weighted by Gasteiger charge is 2.65. The molecule has 1 N–H and O–H groups in total. The number of halogens is 3. The third-order valence-electron chi connectivity index (χ3n) is 7.54. The van der Waals surface area contributed by atoms with Gasteiger partial charge in [-0.1, -0.05) is 34.8 Å². The number of hydrogen-bond donors (Lipinski definition) is 1. The van der Waals surface area contributed by atoms with E-state index in [1.54, 1.807) is 27.7 Å². The van der Waals surface area contributed by atoms with E-state index in [0.717, 1.165) is 13.8 Å². The molecule has 47 heavy (non-hydrogen) atoms. The summed E-state index contributed by atoms with van der Waals surface area (Å²) in [5, 5.41) is 2.51. The van der Waals surface area contributed by atoms with Crippen molar-refractivity contribution in [2.75, 3.05) is 20.3 Å². The lowest BCUT2D eigenvalue weighted by atomic mass is 9.84. The van der Waals surface area contributed by atoms with Gasteiger partial charge in [-0.15, -0.1) is 0 Å². The molecule has 4 rings (SSSR count). The van der Waals surface area contributed by atoms with E-state index in [0.29, 0.717) is 0 Å². The third-order valence-corrected chi connectivity index (χ3v) is 7.87. The largest absolute Gasteiger partial charge is 0.463 e. The van der Waals surface area contributed by atoms with Gasteiger partial charge in [-0.05, 0) is 27.7 Å². The van der Waals surface area contributed by atoms with Crippen molar-refractivity contribution in [1.29, 1.82) is 0 Å². The molecule has 1 aliphatic carbocycles. The van der Waals surface area contributed by atoms with Gasteiger partial charge in [0, 0.05) is 27.9 Å². The van der Waals surface area contributed by atoms with Crippen LogP contribution in [0.15, 0.2) is 0 Å². The number of methoxy groups -OCH3 is 1. The maximum Gasteiger partial charge on any atom is 0.407 e. The van der Waals surface area contributed by atoms with Crippen molar-refractivity contribution in [3.05, 3.63) is 0 Å². The summed E-state index contributed by atoms with van der Waals surface area (Å²) in [5.41, 5.74) is 0. The van der Waals surface area contributed by atoms with Crippen LogP contribution in [-0.2, 0) is 66.5 Å². The lowest BCUT2D eigenvalue weighted by Gasteiger charge is -2.48. The Morgan fingerprint density at radius 2 is 1.23 bits per heavy atom. The number of carbonyl (C=O) groups excluding carboxylic acids is 4. The highest BCUT2D eigenvalue weighted by Crippen LogP contribution is 2.47. The maximum atomic E-state index is 13.0. The monoisotopic (exact) mass is 735 g/mol. The summed E-state index contributed by atoms with van der Waals surface area (Å²) in [5.74, 6) is -4.37. The zero-order chi connectivity index (χ0) is 35.1. The Hall–Kier alpha value is -1.73. The van der Waals surface area contributed by atoms with E-state index in [1.165, 1.54) is 14.0 Å². The maximum absolute atomic E-state index is 13.0. The second-order valence-electron chi connectivity index (χ2n) is 12.3. The lowest BCUT2D eigenvalue weighted by Crippen LogP contribution is -2.69. The van der Waals surface area contributed by atoms with Crippen LogP contribution in [0.5, 0.6) is 0 Å². The highest BCUT2D eigenvalue weighted by atomic mass is 35.6. The summed E-state index contributed by atoms with van der Waals surface area (Å²) < 4.78 is 63.0. The molecule has 3 saturated heterocycles. The number of alkyl carbamates (subject to hydrolysis) is 1. The van der Waals surface area contributed by atoms with Crippen LogP contribution in [0.1, 0.15) is 48.5 Å². The zero-order valence-electron chi connectivity index (χ0n) is 27.0. The first-order valence-electron chi connectivity index (χ1n) is 14.7. The van der Waals surface area contributed by atoms with Crippen LogP contribution in [-0.4, -0.2) is 127 Å². The molecule has 1 amide bonds. The number of alkyl halides is 3. The van der Waals surface area contributed by atoms with Gasteiger partial charge in [0.1, 0.15) is 62.0 Å². The van der Waals surface area contributed by atoms with Gasteiger partial charge in [-0.3, -0.25) is 14.4 Å². The Bertz CT molecular complexity index is 1180. The van der Waals surface area contributed by atoms with Crippen LogP contribution >= 0.6 is 34.8 Å². The van der Waals surface area contributed by atoms with Gasteiger partial charge in [0.15, 0.2) is 30.1 Å². The van der Waals surface area contributed by atoms with Crippen LogP contribution in [0, 0.1) is 0 Å². The summed E-state index contributed by atoms with van der Waals surface area (Å²) in [6.45, 7) is 9.20. The van der Waals surface area contributed by atoms with E-state index < -0.39 is 120 Å². The van der Waals surface area contributed by atoms with Gasteiger partial charge in [-0.2, -0.15) is 0 Å². The lowest BCUT2D eigenvalue weighted by molar-refractivity contribution is -0.313. The number of esters is 3. The molecule has 0 spiro atoms. The fraction of sp³-hybridized carbons (Fsp3) is 0.857. The Labute approximate surface area is 286 Å². The molecule has 3 heterocycles.